The van der Waals surface area contributed by atoms with E-state index in [0.717, 1.165) is 11.1 Å². The molecular weight excluding hydrogens is 518 g/mol. The van der Waals surface area contributed by atoms with Crippen LogP contribution in [0.4, 0.5) is 28.0 Å². The number of nitrogens with one attached hydrogen (secondary N) is 1. The molecule has 0 saturated carbocycles. The van der Waals surface area contributed by atoms with Gasteiger partial charge in [-0.1, -0.05) is 41.2 Å². The second-order valence-electron chi connectivity index (χ2n) is 10.4. The first-order valence-electron chi connectivity index (χ1n) is 12.3. The van der Waals surface area contributed by atoms with Gasteiger partial charge in [-0.3, -0.25) is 14.5 Å². The minimum absolute atomic E-state index is 0.0909. The molecule has 1 aliphatic rings. The number of likely N-dealkylation sites (N-methyl/N-ethyl adjacent to an activating group) is 1. The van der Waals surface area contributed by atoms with Crippen molar-refractivity contribution in [2.24, 2.45) is 0 Å². The van der Waals surface area contributed by atoms with Gasteiger partial charge in [0.2, 0.25) is 0 Å². The zero-order valence-corrected chi connectivity index (χ0v) is 22.0. The van der Waals surface area contributed by atoms with Crippen molar-refractivity contribution in [1.29, 1.82) is 0 Å². The fourth-order valence-electron chi connectivity index (χ4n) is 4.23. The Labute approximate surface area is 223 Å². The maximum atomic E-state index is 15.2. The Morgan fingerprint density at radius 1 is 1.10 bits per heavy atom. The van der Waals surface area contributed by atoms with Gasteiger partial charge in [0.15, 0.2) is 11.4 Å². The van der Waals surface area contributed by atoms with Gasteiger partial charge >= 0.3 is 12.3 Å². The highest BCUT2D eigenvalue weighted by atomic mass is 19.4. The molecule has 2 aromatic carbocycles. The van der Waals surface area contributed by atoms with E-state index in [-0.39, 0.29) is 17.1 Å². The molecule has 0 unspecified atom stereocenters. The van der Waals surface area contributed by atoms with E-state index >= 15 is 4.39 Å². The van der Waals surface area contributed by atoms with Crippen LogP contribution in [0.3, 0.4) is 0 Å². The molecule has 208 valence electrons. The molecule has 3 aromatic rings. The summed E-state index contributed by atoms with van der Waals surface area (Å²) in [5, 5.41) is 5.62. The van der Waals surface area contributed by atoms with Crippen LogP contribution in [-0.2, 0) is 25.7 Å². The van der Waals surface area contributed by atoms with E-state index in [0.29, 0.717) is 31.1 Å². The van der Waals surface area contributed by atoms with Gasteiger partial charge in [-0.15, -0.1) is 5.10 Å². The van der Waals surface area contributed by atoms with Crippen LogP contribution in [0.15, 0.2) is 48.5 Å². The molecule has 12 heteroatoms. The summed E-state index contributed by atoms with van der Waals surface area (Å²) in [5.74, 6) is -1.78. The Kier molecular flexibility index (Phi) is 7.69. The van der Waals surface area contributed by atoms with E-state index in [1.807, 2.05) is 11.9 Å². The molecule has 0 radical (unpaired) electrons. The Bertz CT molecular complexity index is 1370. The second-order valence-corrected chi connectivity index (χ2v) is 10.4. The van der Waals surface area contributed by atoms with E-state index in [2.05, 4.69) is 10.4 Å². The van der Waals surface area contributed by atoms with Gasteiger partial charge in [-0.2, -0.15) is 13.2 Å². The van der Waals surface area contributed by atoms with Crippen LogP contribution in [0.1, 0.15) is 53.6 Å². The highest BCUT2D eigenvalue weighted by Gasteiger charge is 2.38. The van der Waals surface area contributed by atoms with Crippen molar-refractivity contribution in [3.05, 3.63) is 82.4 Å². The molecule has 1 aromatic heterocycles. The van der Waals surface area contributed by atoms with E-state index in [4.69, 9.17) is 4.84 Å². The molecule has 0 saturated heterocycles. The van der Waals surface area contributed by atoms with Gasteiger partial charge in [0.1, 0.15) is 5.82 Å². The molecule has 1 N–H and O–H groups in total. The number of hydrogen-bond acceptors (Lipinski definition) is 5. The lowest BCUT2D eigenvalue weighted by atomic mass is 9.98. The van der Waals surface area contributed by atoms with Crippen LogP contribution in [0, 0.1) is 5.82 Å². The van der Waals surface area contributed by atoms with Gasteiger partial charge < -0.3 is 10.2 Å². The van der Waals surface area contributed by atoms with Gasteiger partial charge in [-0.25, -0.2) is 9.18 Å². The summed E-state index contributed by atoms with van der Waals surface area (Å²) < 4.78 is 55.7. The zero-order valence-electron chi connectivity index (χ0n) is 22.0. The summed E-state index contributed by atoms with van der Waals surface area (Å²) >= 11 is 0. The van der Waals surface area contributed by atoms with Crippen LogP contribution >= 0.6 is 0 Å². The van der Waals surface area contributed by atoms with Gasteiger partial charge in [-0.05, 0) is 57.0 Å². The highest BCUT2D eigenvalue weighted by molar-refractivity contribution is 6.03. The molecule has 2 heterocycles. The molecule has 0 atom stereocenters. The average molecular weight is 548 g/mol. The first kappa shape index (κ1) is 28.1. The summed E-state index contributed by atoms with van der Waals surface area (Å²) in [4.78, 5) is 35.0. The number of rotatable bonds is 5. The van der Waals surface area contributed by atoms with Crippen molar-refractivity contribution in [3.63, 3.8) is 0 Å². The predicted molar refractivity (Wildman–Crippen MR) is 135 cm³/mol. The summed E-state index contributed by atoms with van der Waals surface area (Å²) in [7, 11) is 1.90. The number of nitrogens with zero attached hydrogens (tertiary/aromatic N) is 4. The van der Waals surface area contributed by atoms with Crippen molar-refractivity contribution in [1.82, 2.24) is 19.7 Å². The van der Waals surface area contributed by atoms with Crippen LogP contribution in [0.5, 0.6) is 0 Å². The van der Waals surface area contributed by atoms with E-state index in [1.54, 1.807) is 57.2 Å². The molecule has 0 bridgehead atoms. The van der Waals surface area contributed by atoms with Crippen molar-refractivity contribution >= 4 is 17.7 Å². The predicted octanol–water partition coefficient (Wildman–Crippen LogP) is 5.13. The monoisotopic (exact) mass is 547 g/mol. The van der Waals surface area contributed by atoms with E-state index in [9.17, 15) is 22.8 Å². The normalized spacial score (nSPS) is 14.1. The highest BCUT2D eigenvalue weighted by Crippen LogP contribution is 2.30. The van der Waals surface area contributed by atoms with E-state index < -0.39 is 40.9 Å². The number of carbonyl (C=O) groups excluding carboxylic acids is 2. The summed E-state index contributed by atoms with van der Waals surface area (Å²) in [6, 6.07) is 12.4. The summed E-state index contributed by atoms with van der Waals surface area (Å²) in [5.41, 5.74) is -1.21. The van der Waals surface area contributed by atoms with Crippen molar-refractivity contribution in [2.75, 3.05) is 18.9 Å². The standard InChI is InChI=1S/C27H29F4N5O3/c1-26(2,3)35(15-17-8-6-5-7-9-17)25(38)39-36-21(14-22(33-36)27(29,30)31)24(37)32-20-11-10-18-16-34(4)13-12-19(18)23(20)28/h5-11,14H,12-13,15-16H2,1-4H3,(H,32,37). The Morgan fingerprint density at radius 2 is 1.79 bits per heavy atom. The molecule has 0 fully saturated rings. The number of aromatic nitrogens is 2. The number of anilines is 1. The molecule has 0 aliphatic carbocycles. The molecule has 2 amide bonds. The Morgan fingerprint density at radius 3 is 2.44 bits per heavy atom. The maximum absolute atomic E-state index is 15.2. The fraction of sp³-hybridized carbons (Fsp3) is 0.370. The second kappa shape index (κ2) is 10.7. The lowest BCUT2D eigenvalue weighted by Gasteiger charge is -2.34. The number of alkyl halides is 3. The number of carbonyl (C=O) groups is 2. The lowest BCUT2D eigenvalue weighted by Crippen LogP contribution is -2.48. The number of hydrogen-bond donors (Lipinski definition) is 1. The zero-order chi connectivity index (χ0) is 28.5. The quantitative estimate of drug-likeness (QED) is 0.448. The smallest absolute Gasteiger partial charge is 0.318 e. The minimum atomic E-state index is -4.93. The maximum Gasteiger partial charge on any atom is 0.436 e. The van der Waals surface area contributed by atoms with Crippen molar-refractivity contribution < 1.29 is 32.0 Å². The number of halogens is 4. The topological polar surface area (TPSA) is 79.7 Å². The number of benzene rings is 2. The first-order valence-corrected chi connectivity index (χ1v) is 12.3. The SMILES string of the molecule is CN1CCc2c(ccc(NC(=O)c3cc(C(F)(F)F)nn3OC(=O)N(Cc3ccccc3)C(C)(C)C)c2F)C1. The average Bonchev–Trinajstić information content (AvgIpc) is 3.28. The molecule has 1 aliphatic heterocycles. The Hall–Kier alpha value is -3.93. The van der Waals surface area contributed by atoms with E-state index in [1.165, 1.54) is 11.0 Å². The molecule has 0 spiro atoms. The lowest BCUT2D eigenvalue weighted by molar-refractivity contribution is -0.142. The third-order valence-corrected chi connectivity index (χ3v) is 6.35. The van der Waals surface area contributed by atoms with Gasteiger partial charge in [0.25, 0.3) is 5.91 Å². The molecular formula is C27H29F4N5O3. The minimum Gasteiger partial charge on any atom is -0.318 e. The summed E-state index contributed by atoms with van der Waals surface area (Å²) in [6.07, 6.45) is -5.54. The van der Waals surface area contributed by atoms with Gasteiger partial charge in [0.05, 0.1) is 5.69 Å². The largest absolute Gasteiger partial charge is 0.436 e. The molecule has 4 rings (SSSR count). The number of fused-ring (bicyclic) bond motifs is 1. The third-order valence-electron chi connectivity index (χ3n) is 6.35. The van der Waals surface area contributed by atoms with Crippen LogP contribution in [0.2, 0.25) is 0 Å². The number of amides is 2. The van der Waals surface area contributed by atoms with Crippen molar-refractivity contribution in [3.8, 4) is 0 Å². The van der Waals surface area contributed by atoms with Crippen LogP contribution in [0.25, 0.3) is 0 Å². The van der Waals surface area contributed by atoms with Gasteiger partial charge in [0, 0.05) is 31.2 Å². The van der Waals surface area contributed by atoms with Crippen LogP contribution < -0.4 is 10.2 Å². The first-order chi connectivity index (χ1) is 18.2. The Balaban J connectivity index is 1.62. The van der Waals surface area contributed by atoms with Crippen molar-refractivity contribution in [2.45, 2.75) is 52.0 Å². The molecule has 39 heavy (non-hydrogen) atoms. The molecule has 8 nitrogen and oxygen atoms in total. The summed E-state index contributed by atoms with van der Waals surface area (Å²) in [6.45, 7) is 6.42. The third kappa shape index (κ3) is 6.39. The fourth-order valence-corrected chi connectivity index (χ4v) is 4.23. The van der Waals surface area contributed by atoms with Crippen LogP contribution in [-0.4, -0.2) is 50.9 Å².